The number of nitrogens with one attached hydrogen (secondary N) is 1. The van der Waals surface area contributed by atoms with Crippen molar-refractivity contribution in [2.75, 3.05) is 5.32 Å². The van der Waals surface area contributed by atoms with Crippen molar-refractivity contribution in [1.29, 1.82) is 5.26 Å². The van der Waals surface area contributed by atoms with Crippen molar-refractivity contribution in [3.8, 4) is 6.07 Å². The number of hydrogen-bond acceptors (Lipinski definition) is 3. The van der Waals surface area contributed by atoms with E-state index in [0.717, 1.165) is 17.9 Å². The number of anilines is 1. The van der Waals surface area contributed by atoms with Crippen LogP contribution in [0.25, 0.3) is 0 Å². The third kappa shape index (κ3) is 1.88. The van der Waals surface area contributed by atoms with Gasteiger partial charge in [0.2, 0.25) is 0 Å². The van der Waals surface area contributed by atoms with E-state index in [4.69, 9.17) is 5.26 Å². The van der Waals surface area contributed by atoms with E-state index in [-0.39, 0.29) is 5.54 Å². The Kier molecular flexibility index (Phi) is 2.82. The average molecular weight is 215 g/mol. The molecule has 0 saturated heterocycles. The zero-order valence-corrected chi connectivity index (χ0v) is 9.88. The van der Waals surface area contributed by atoms with Gasteiger partial charge in [0.05, 0.1) is 5.56 Å². The van der Waals surface area contributed by atoms with Gasteiger partial charge in [0.1, 0.15) is 11.9 Å². The molecule has 16 heavy (non-hydrogen) atoms. The molecule has 2 rings (SSSR count). The second-order valence-corrected chi connectivity index (χ2v) is 4.57. The van der Waals surface area contributed by atoms with Crippen molar-refractivity contribution in [3.05, 3.63) is 23.4 Å². The lowest BCUT2D eigenvalue weighted by Gasteiger charge is -2.42. The quantitative estimate of drug-likeness (QED) is 0.843. The van der Waals surface area contributed by atoms with Gasteiger partial charge in [0.15, 0.2) is 0 Å². The number of nitrogens with zero attached hydrogens (tertiary/aromatic N) is 2. The van der Waals surface area contributed by atoms with Gasteiger partial charge in [0.25, 0.3) is 0 Å². The Morgan fingerprint density at radius 2 is 2.25 bits per heavy atom. The molecule has 3 nitrogen and oxygen atoms in total. The fourth-order valence-electron chi connectivity index (χ4n) is 2.16. The van der Waals surface area contributed by atoms with Crippen LogP contribution < -0.4 is 5.32 Å². The minimum absolute atomic E-state index is 0.187. The number of aromatic nitrogens is 1. The average Bonchev–Trinajstić information content (AvgIpc) is 2.24. The highest BCUT2D eigenvalue weighted by Crippen LogP contribution is 2.38. The summed E-state index contributed by atoms with van der Waals surface area (Å²) in [7, 11) is 0. The number of pyridine rings is 1. The van der Waals surface area contributed by atoms with Crippen molar-refractivity contribution in [1.82, 2.24) is 4.98 Å². The molecule has 0 radical (unpaired) electrons. The van der Waals surface area contributed by atoms with E-state index in [0.29, 0.717) is 5.56 Å². The molecule has 1 aromatic heterocycles. The number of rotatable bonds is 3. The first-order valence-electron chi connectivity index (χ1n) is 5.85. The summed E-state index contributed by atoms with van der Waals surface area (Å²) in [6.45, 7) is 4.14. The smallest absolute Gasteiger partial charge is 0.144 e. The zero-order chi connectivity index (χ0) is 11.6. The molecule has 1 aliphatic rings. The van der Waals surface area contributed by atoms with E-state index in [1.165, 1.54) is 19.3 Å². The fourth-order valence-corrected chi connectivity index (χ4v) is 2.16. The standard InChI is InChI=1S/C13H17N3/c1-3-13(7-4-8-13)16-12-11(9-14)6-5-10(2)15-12/h5-6H,3-4,7-8H2,1-2H3,(H,15,16). The third-order valence-corrected chi connectivity index (χ3v) is 3.53. The molecule has 1 heterocycles. The van der Waals surface area contributed by atoms with Crippen molar-refractivity contribution in [3.63, 3.8) is 0 Å². The summed E-state index contributed by atoms with van der Waals surface area (Å²) in [6, 6.07) is 5.91. The van der Waals surface area contributed by atoms with Crippen molar-refractivity contribution in [2.45, 2.75) is 45.1 Å². The molecule has 84 valence electrons. The lowest BCUT2D eigenvalue weighted by atomic mass is 9.75. The Hall–Kier alpha value is -1.56. The van der Waals surface area contributed by atoms with Crippen LogP contribution in [-0.4, -0.2) is 10.5 Å². The third-order valence-electron chi connectivity index (χ3n) is 3.53. The first-order chi connectivity index (χ1) is 7.69. The second-order valence-electron chi connectivity index (χ2n) is 4.57. The lowest BCUT2D eigenvalue weighted by molar-refractivity contribution is 0.268. The van der Waals surface area contributed by atoms with Crippen LogP contribution in [0.3, 0.4) is 0 Å². The zero-order valence-electron chi connectivity index (χ0n) is 9.88. The van der Waals surface area contributed by atoms with Gasteiger partial charge < -0.3 is 5.32 Å². The molecule has 1 aliphatic carbocycles. The van der Waals surface area contributed by atoms with Gasteiger partial charge in [0, 0.05) is 11.2 Å². The van der Waals surface area contributed by atoms with Crippen LogP contribution in [-0.2, 0) is 0 Å². The Bertz CT molecular complexity index is 422. The van der Waals surface area contributed by atoms with Gasteiger partial charge in [-0.05, 0) is 44.7 Å². The fraction of sp³-hybridized carbons (Fsp3) is 0.538. The topological polar surface area (TPSA) is 48.7 Å². The minimum atomic E-state index is 0.187. The molecule has 0 unspecified atom stereocenters. The van der Waals surface area contributed by atoms with Crippen LogP contribution in [0.4, 0.5) is 5.82 Å². The van der Waals surface area contributed by atoms with E-state index in [9.17, 15) is 0 Å². The molecule has 0 aliphatic heterocycles. The molecule has 1 aromatic rings. The number of hydrogen-bond donors (Lipinski definition) is 1. The van der Waals surface area contributed by atoms with Gasteiger partial charge in [-0.3, -0.25) is 0 Å². The maximum Gasteiger partial charge on any atom is 0.144 e. The van der Waals surface area contributed by atoms with Gasteiger partial charge >= 0.3 is 0 Å². The molecule has 1 N–H and O–H groups in total. The van der Waals surface area contributed by atoms with Crippen LogP contribution in [0, 0.1) is 18.3 Å². The molecule has 0 spiro atoms. The lowest BCUT2D eigenvalue weighted by Crippen LogP contribution is -2.44. The van der Waals surface area contributed by atoms with Crippen molar-refractivity contribution >= 4 is 5.82 Å². The van der Waals surface area contributed by atoms with Crippen LogP contribution in [0.1, 0.15) is 43.9 Å². The van der Waals surface area contributed by atoms with Crippen LogP contribution >= 0.6 is 0 Å². The summed E-state index contributed by atoms with van der Waals surface area (Å²) in [6.07, 6.45) is 4.73. The highest BCUT2D eigenvalue weighted by atomic mass is 15.1. The predicted molar refractivity (Wildman–Crippen MR) is 64.2 cm³/mol. The number of aryl methyl sites for hydroxylation is 1. The minimum Gasteiger partial charge on any atom is -0.364 e. The van der Waals surface area contributed by atoms with Gasteiger partial charge in [-0.2, -0.15) is 5.26 Å². The van der Waals surface area contributed by atoms with Crippen molar-refractivity contribution in [2.24, 2.45) is 0 Å². The highest BCUT2D eigenvalue weighted by molar-refractivity contribution is 5.54. The SMILES string of the molecule is CCC1(Nc2nc(C)ccc2C#N)CCC1. The summed E-state index contributed by atoms with van der Waals surface area (Å²) in [5.74, 6) is 0.754. The molecule has 3 heteroatoms. The predicted octanol–water partition coefficient (Wildman–Crippen LogP) is 3.01. The molecule has 0 bridgehead atoms. The van der Waals surface area contributed by atoms with E-state index in [2.05, 4.69) is 23.3 Å². The second kappa shape index (κ2) is 4.13. The van der Waals surface area contributed by atoms with Gasteiger partial charge in [-0.25, -0.2) is 4.98 Å². The van der Waals surface area contributed by atoms with E-state index in [1.807, 2.05) is 19.1 Å². The molecule has 1 saturated carbocycles. The van der Waals surface area contributed by atoms with E-state index in [1.54, 1.807) is 0 Å². The molecule has 0 amide bonds. The van der Waals surface area contributed by atoms with E-state index < -0.39 is 0 Å². The largest absolute Gasteiger partial charge is 0.364 e. The maximum atomic E-state index is 9.04. The molecular weight excluding hydrogens is 198 g/mol. The van der Waals surface area contributed by atoms with Crippen LogP contribution in [0.2, 0.25) is 0 Å². The summed E-state index contributed by atoms with van der Waals surface area (Å²) >= 11 is 0. The molecule has 0 atom stereocenters. The summed E-state index contributed by atoms with van der Waals surface area (Å²) in [5.41, 5.74) is 1.78. The number of nitriles is 1. The van der Waals surface area contributed by atoms with Crippen LogP contribution in [0.5, 0.6) is 0 Å². The highest BCUT2D eigenvalue weighted by Gasteiger charge is 2.35. The Morgan fingerprint density at radius 1 is 1.50 bits per heavy atom. The summed E-state index contributed by atoms with van der Waals surface area (Å²) in [4.78, 5) is 4.43. The normalized spacial score (nSPS) is 17.3. The van der Waals surface area contributed by atoms with Crippen molar-refractivity contribution < 1.29 is 0 Å². The maximum absolute atomic E-state index is 9.04. The van der Waals surface area contributed by atoms with Gasteiger partial charge in [-0.15, -0.1) is 0 Å². The van der Waals surface area contributed by atoms with Gasteiger partial charge in [-0.1, -0.05) is 6.92 Å². The monoisotopic (exact) mass is 215 g/mol. The molecular formula is C13H17N3. The summed E-state index contributed by atoms with van der Waals surface area (Å²) in [5, 5.41) is 12.5. The summed E-state index contributed by atoms with van der Waals surface area (Å²) < 4.78 is 0. The van der Waals surface area contributed by atoms with Crippen LogP contribution in [0.15, 0.2) is 12.1 Å². The Balaban J connectivity index is 2.26. The van der Waals surface area contributed by atoms with E-state index >= 15 is 0 Å². The molecule has 0 aromatic carbocycles. The molecule has 1 fully saturated rings. The first kappa shape index (κ1) is 10.9. The Morgan fingerprint density at radius 3 is 2.75 bits per heavy atom. The Labute approximate surface area is 96.5 Å². The first-order valence-corrected chi connectivity index (χ1v) is 5.85.